The van der Waals surface area contributed by atoms with Gasteiger partial charge in [-0.25, -0.2) is 0 Å². The van der Waals surface area contributed by atoms with Gasteiger partial charge in [0.05, 0.1) is 30.9 Å². The Kier molecular flexibility index (Phi) is 7.09. The van der Waals surface area contributed by atoms with Crippen molar-refractivity contribution in [2.75, 3.05) is 45.3 Å². The number of methoxy groups -OCH3 is 2. The van der Waals surface area contributed by atoms with Crippen molar-refractivity contribution in [3.8, 4) is 22.8 Å². The van der Waals surface area contributed by atoms with E-state index in [0.29, 0.717) is 26.2 Å². The van der Waals surface area contributed by atoms with Gasteiger partial charge in [-0.1, -0.05) is 31.2 Å². The lowest BCUT2D eigenvalue weighted by atomic mass is 10.1. The maximum Gasteiger partial charge on any atom is 0.286 e. The van der Waals surface area contributed by atoms with E-state index in [1.54, 1.807) is 4.90 Å². The second kappa shape index (κ2) is 10.4. The van der Waals surface area contributed by atoms with E-state index < -0.39 is 10.8 Å². The van der Waals surface area contributed by atoms with Gasteiger partial charge < -0.3 is 19.3 Å². The Hall–Kier alpha value is -4.21. The molecule has 0 spiro atoms. The van der Waals surface area contributed by atoms with Gasteiger partial charge in [0.2, 0.25) is 0 Å². The van der Waals surface area contributed by atoms with Gasteiger partial charge in [-0.05, 0) is 24.1 Å². The minimum absolute atomic E-state index is 0.0284. The lowest BCUT2D eigenvalue weighted by Gasteiger charge is -2.35. The molecule has 4 rings (SSSR count). The van der Waals surface area contributed by atoms with Crippen LogP contribution in [0.15, 0.2) is 48.5 Å². The van der Waals surface area contributed by atoms with Crippen molar-refractivity contribution in [3.05, 3.63) is 69.8 Å². The number of carbonyl (C=O) groups is 1. The molecular formula is C25H27N5O5. The molecule has 0 aliphatic carbocycles. The molecule has 2 heterocycles. The van der Waals surface area contributed by atoms with E-state index in [2.05, 4.69) is 29.3 Å². The number of amides is 1. The molecule has 3 aromatic rings. The van der Waals surface area contributed by atoms with Gasteiger partial charge in [0, 0.05) is 37.8 Å². The Morgan fingerprint density at radius 1 is 0.971 bits per heavy atom. The van der Waals surface area contributed by atoms with Crippen LogP contribution in [0.2, 0.25) is 0 Å². The van der Waals surface area contributed by atoms with Gasteiger partial charge in [-0.15, -0.1) is 10.2 Å². The Balaban J connectivity index is 1.45. The number of aryl methyl sites for hydroxylation is 1. The normalized spacial score (nSPS) is 13.5. The summed E-state index contributed by atoms with van der Waals surface area (Å²) in [5.41, 5.74) is 2.73. The molecule has 2 aromatic carbocycles. The molecule has 1 aliphatic rings. The standard InChI is InChI=1S/C25H27N5O5/c1-4-17-5-7-18(8-6-17)20-9-10-24(27-26-20)28-11-13-29(14-12-28)25(31)19-15-22(34-2)23(35-3)16-21(19)30(32)33/h5-10,15-16H,4,11-14H2,1-3H3. The lowest BCUT2D eigenvalue weighted by Crippen LogP contribution is -2.49. The molecule has 0 saturated carbocycles. The van der Waals surface area contributed by atoms with Crippen molar-refractivity contribution >= 4 is 17.4 Å². The number of hydrogen-bond acceptors (Lipinski definition) is 8. The zero-order chi connectivity index (χ0) is 24.9. The average molecular weight is 478 g/mol. The summed E-state index contributed by atoms with van der Waals surface area (Å²) in [6.45, 7) is 3.97. The third kappa shape index (κ3) is 5.01. The van der Waals surface area contributed by atoms with Crippen molar-refractivity contribution in [2.45, 2.75) is 13.3 Å². The number of anilines is 1. The Morgan fingerprint density at radius 3 is 2.17 bits per heavy atom. The Bertz CT molecular complexity index is 1210. The van der Waals surface area contributed by atoms with Gasteiger partial charge in [0.1, 0.15) is 5.56 Å². The molecule has 182 valence electrons. The maximum absolute atomic E-state index is 13.2. The number of aromatic nitrogens is 2. The van der Waals surface area contributed by atoms with Crippen LogP contribution in [0.4, 0.5) is 11.5 Å². The summed E-state index contributed by atoms with van der Waals surface area (Å²) in [7, 11) is 2.81. The largest absolute Gasteiger partial charge is 0.493 e. The highest BCUT2D eigenvalue weighted by Gasteiger charge is 2.30. The topological polar surface area (TPSA) is 111 Å². The highest BCUT2D eigenvalue weighted by Crippen LogP contribution is 2.35. The summed E-state index contributed by atoms with van der Waals surface area (Å²) < 4.78 is 10.4. The van der Waals surface area contributed by atoms with Crippen LogP contribution < -0.4 is 14.4 Å². The Labute approximate surface area is 203 Å². The average Bonchev–Trinajstić information content (AvgIpc) is 2.92. The zero-order valence-corrected chi connectivity index (χ0v) is 19.9. The lowest BCUT2D eigenvalue weighted by molar-refractivity contribution is -0.385. The van der Waals surface area contributed by atoms with E-state index in [0.717, 1.165) is 23.5 Å². The number of nitro groups is 1. The van der Waals surface area contributed by atoms with Crippen LogP contribution in [0.5, 0.6) is 11.5 Å². The number of nitro benzene ring substituents is 1. The molecular weight excluding hydrogens is 450 g/mol. The summed E-state index contributed by atoms with van der Waals surface area (Å²) in [6, 6.07) is 14.7. The van der Waals surface area contributed by atoms with E-state index in [4.69, 9.17) is 9.47 Å². The summed E-state index contributed by atoms with van der Waals surface area (Å²) in [6.07, 6.45) is 0.985. The summed E-state index contributed by atoms with van der Waals surface area (Å²) >= 11 is 0. The van der Waals surface area contributed by atoms with E-state index in [1.807, 2.05) is 29.2 Å². The minimum Gasteiger partial charge on any atom is -0.493 e. The van der Waals surface area contributed by atoms with Gasteiger partial charge in [-0.3, -0.25) is 14.9 Å². The summed E-state index contributed by atoms with van der Waals surface area (Å²) in [5.74, 6) is 0.765. The number of benzene rings is 2. The highest BCUT2D eigenvalue weighted by atomic mass is 16.6. The maximum atomic E-state index is 13.2. The molecule has 10 nitrogen and oxygen atoms in total. The first kappa shape index (κ1) is 23.9. The van der Waals surface area contributed by atoms with Crippen LogP contribution in [0.3, 0.4) is 0 Å². The van der Waals surface area contributed by atoms with Crippen molar-refractivity contribution in [2.24, 2.45) is 0 Å². The zero-order valence-electron chi connectivity index (χ0n) is 19.9. The van der Waals surface area contributed by atoms with Gasteiger partial charge >= 0.3 is 0 Å². The van der Waals surface area contributed by atoms with Gasteiger partial charge in [-0.2, -0.15) is 0 Å². The highest BCUT2D eigenvalue weighted by molar-refractivity contribution is 5.99. The monoisotopic (exact) mass is 477 g/mol. The fourth-order valence-corrected chi connectivity index (χ4v) is 4.06. The van der Waals surface area contributed by atoms with Crippen molar-refractivity contribution in [1.29, 1.82) is 0 Å². The molecule has 0 atom stereocenters. The molecule has 1 fully saturated rings. The van der Waals surface area contributed by atoms with Crippen LogP contribution in [0.1, 0.15) is 22.8 Å². The SMILES string of the molecule is CCc1ccc(-c2ccc(N3CCN(C(=O)c4cc(OC)c(OC)cc4[N+](=O)[O-])CC3)nn2)cc1. The fourth-order valence-electron chi connectivity index (χ4n) is 4.06. The summed E-state index contributed by atoms with van der Waals surface area (Å²) in [4.78, 5) is 27.8. The quantitative estimate of drug-likeness (QED) is 0.375. The number of rotatable bonds is 7. The molecule has 10 heteroatoms. The predicted molar refractivity (Wildman–Crippen MR) is 131 cm³/mol. The van der Waals surface area contributed by atoms with E-state index in [-0.39, 0.29) is 22.7 Å². The first-order valence-corrected chi connectivity index (χ1v) is 11.3. The number of piperazine rings is 1. The molecule has 0 unspecified atom stereocenters. The first-order valence-electron chi connectivity index (χ1n) is 11.3. The van der Waals surface area contributed by atoms with Crippen LogP contribution in [0.25, 0.3) is 11.3 Å². The molecule has 1 aliphatic heterocycles. The number of nitrogens with zero attached hydrogens (tertiary/aromatic N) is 5. The van der Waals surface area contributed by atoms with Crippen LogP contribution in [-0.4, -0.2) is 66.3 Å². The minimum atomic E-state index is -0.585. The second-order valence-corrected chi connectivity index (χ2v) is 8.09. The van der Waals surface area contributed by atoms with Crippen molar-refractivity contribution in [1.82, 2.24) is 15.1 Å². The smallest absolute Gasteiger partial charge is 0.286 e. The van der Waals surface area contributed by atoms with Gasteiger partial charge in [0.15, 0.2) is 17.3 Å². The number of ether oxygens (including phenoxy) is 2. The molecule has 1 saturated heterocycles. The van der Waals surface area contributed by atoms with Crippen LogP contribution >= 0.6 is 0 Å². The predicted octanol–water partition coefficient (Wildman–Crippen LogP) is 3.59. The van der Waals surface area contributed by atoms with Crippen molar-refractivity contribution in [3.63, 3.8) is 0 Å². The van der Waals surface area contributed by atoms with Gasteiger partial charge in [0.25, 0.3) is 11.6 Å². The third-order valence-electron chi connectivity index (χ3n) is 6.13. The molecule has 1 amide bonds. The molecule has 1 aromatic heterocycles. The van der Waals surface area contributed by atoms with E-state index >= 15 is 0 Å². The molecule has 35 heavy (non-hydrogen) atoms. The second-order valence-electron chi connectivity index (χ2n) is 8.09. The summed E-state index contributed by atoms with van der Waals surface area (Å²) in [5, 5.41) is 20.3. The van der Waals surface area contributed by atoms with Crippen LogP contribution in [0, 0.1) is 10.1 Å². The number of hydrogen-bond donors (Lipinski definition) is 0. The molecule has 0 radical (unpaired) electrons. The number of carbonyl (C=O) groups excluding carboxylic acids is 1. The van der Waals surface area contributed by atoms with E-state index in [1.165, 1.54) is 31.9 Å². The third-order valence-corrected chi connectivity index (χ3v) is 6.13. The van der Waals surface area contributed by atoms with Crippen LogP contribution in [-0.2, 0) is 6.42 Å². The Morgan fingerprint density at radius 2 is 1.63 bits per heavy atom. The first-order chi connectivity index (χ1) is 16.9. The molecule has 0 bridgehead atoms. The molecule has 0 N–H and O–H groups in total. The van der Waals surface area contributed by atoms with Crippen molar-refractivity contribution < 1.29 is 19.2 Å². The fraction of sp³-hybridized carbons (Fsp3) is 0.320. The van der Waals surface area contributed by atoms with E-state index in [9.17, 15) is 14.9 Å².